The van der Waals surface area contributed by atoms with Gasteiger partial charge >= 0.3 is 6.18 Å². The zero-order valence-corrected chi connectivity index (χ0v) is 21.9. The molecule has 7 nitrogen and oxygen atoms in total. The van der Waals surface area contributed by atoms with Gasteiger partial charge in [-0.15, -0.1) is 0 Å². The largest absolute Gasteiger partial charge is 0.417 e. The predicted octanol–water partition coefficient (Wildman–Crippen LogP) is 5.17. The van der Waals surface area contributed by atoms with Crippen LogP contribution in [0, 0.1) is 0 Å². The number of anilines is 1. The van der Waals surface area contributed by atoms with Crippen LogP contribution in [0.5, 0.6) is 0 Å². The molecule has 0 radical (unpaired) electrons. The zero-order chi connectivity index (χ0) is 27.5. The number of piperidine rings is 2. The van der Waals surface area contributed by atoms with Gasteiger partial charge in [0.1, 0.15) is 0 Å². The lowest BCUT2D eigenvalue weighted by Gasteiger charge is -2.72. The number of benzene rings is 1. The summed E-state index contributed by atoms with van der Waals surface area (Å²) in [6.45, 7) is 5.85. The topological polar surface area (TPSA) is 75.1 Å². The monoisotopic (exact) mass is 536 g/mol. The van der Waals surface area contributed by atoms with Gasteiger partial charge in [-0.25, -0.2) is 4.98 Å². The van der Waals surface area contributed by atoms with Crippen LogP contribution in [0.1, 0.15) is 54.4 Å². The Morgan fingerprint density at radius 1 is 1.23 bits per heavy atom. The van der Waals surface area contributed by atoms with Crippen molar-refractivity contribution in [3.63, 3.8) is 0 Å². The number of aromatic nitrogens is 3. The average Bonchev–Trinajstić information content (AvgIpc) is 3.30. The molecule has 3 saturated heterocycles. The van der Waals surface area contributed by atoms with Gasteiger partial charge in [0.2, 0.25) is 0 Å². The number of hydrogen-bond donors (Lipinski definition) is 2. The number of carbonyl (C=O) groups excluding carboxylic acids is 1. The summed E-state index contributed by atoms with van der Waals surface area (Å²) >= 11 is 0. The standard InChI is InChI=1S/C29H31F3N6O/c1-17(29(30,31)32)26-23-7-4-8-25(35-20-10-21-13-28(2)14-22(11-20)38(21)28)24(23)12-19(36-26)6-5-9-33-27(39)18-15-34-37(3)16-18/h4-8,12,15-16,20-22,35H,1,9-11,13-14H2,2-3H3,(H,33,39)/b6-5+/t20?,21-,22+,28?. The fourth-order valence-electron chi connectivity index (χ4n) is 6.79. The van der Waals surface area contributed by atoms with Gasteiger partial charge in [-0.05, 0) is 50.8 Å². The van der Waals surface area contributed by atoms with Crippen LogP contribution in [0.4, 0.5) is 18.9 Å². The molecule has 2 aromatic heterocycles. The van der Waals surface area contributed by atoms with Gasteiger partial charge in [-0.1, -0.05) is 24.8 Å². The molecule has 4 atom stereocenters. The molecule has 204 valence electrons. The van der Waals surface area contributed by atoms with E-state index in [2.05, 4.69) is 39.1 Å². The molecule has 3 fully saturated rings. The number of halogens is 3. The molecule has 39 heavy (non-hydrogen) atoms. The van der Waals surface area contributed by atoms with Gasteiger partial charge in [0.15, 0.2) is 0 Å². The lowest BCUT2D eigenvalue weighted by molar-refractivity contribution is -0.210. The van der Waals surface area contributed by atoms with E-state index in [1.807, 2.05) is 6.07 Å². The highest BCUT2D eigenvalue weighted by Gasteiger charge is 2.62. The van der Waals surface area contributed by atoms with Crippen molar-refractivity contribution in [2.75, 3.05) is 11.9 Å². The summed E-state index contributed by atoms with van der Waals surface area (Å²) < 4.78 is 42.8. The molecule has 2 unspecified atom stereocenters. The highest BCUT2D eigenvalue weighted by molar-refractivity contribution is 6.01. The number of aryl methyl sites for hydroxylation is 1. The maximum atomic E-state index is 13.8. The number of nitrogens with one attached hydrogen (secondary N) is 2. The van der Waals surface area contributed by atoms with Crippen molar-refractivity contribution in [3.05, 3.63) is 66.3 Å². The third-order valence-corrected chi connectivity index (χ3v) is 8.39. The van der Waals surface area contributed by atoms with Crippen molar-refractivity contribution in [3.8, 4) is 0 Å². The molecule has 2 N–H and O–H groups in total. The summed E-state index contributed by atoms with van der Waals surface area (Å²) in [5.41, 5.74) is 0.791. The third kappa shape index (κ3) is 4.60. The summed E-state index contributed by atoms with van der Waals surface area (Å²) in [5.74, 6) is -0.291. The first-order valence-corrected chi connectivity index (χ1v) is 13.2. The minimum Gasteiger partial charge on any atom is -0.382 e. The van der Waals surface area contributed by atoms with E-state index in [0.29, 0.717) is 39.7 Å². The van der Waals surface area contributed by atoms with E-state index in [4.69, 9.17) is 0 Å². The molecule has 3 aromatic rings. The van der Waals surface area contributed by atoms with Crippen LogP contribution in [0.25, 0.3) is 22.4 Å². The van der Waals surface area contributed by atoms with E-state index in [1.54, 1.807) is 43.6 Å². The maximum Gasteiger partial charge on any atom is 0.417 e. The Labute approximate surface area is 224 Å². The van der Waals surface area contributed by atoms with Crippen LogP contribution in [0.2, 0.25) is 0 Å². The van der Waals surface area contributed by atoms with Crippen molar-refractivity contribution < 1.29 is 18.0 Å². The first-order chi connectivity index (χ1) is 18.5. The van der Waals surface area contributed by atoms with E-state index < -0.39 is 11.7 Å². The molecule has 10 heteroatoms. The number of amides is 1. The molecule has 3 aliphatic heterocycles. The number of rotatable bonds is 7. The van der Waals surface area contributed by atoms with Gasteiger partial charge in [-0.2, -0.15) is 18.3 Å². The Balaban J connectivity index is 1.26. The SMILES string of the molecule is C=C(c1nc(/C=C/CNC(=O)c2cnn(C)c2)cc2c(NC3C[C@@H]4CC5(C)C[C@H](C3)N45)cccc12)C(F)(F)F. The summed E-state index contributed by atoms with van der Waals surface area (Å²) in [6.07, 6.45) is 6.21. The highest BCUT2D eigenvalue weighted by atomic mass is 19.4. The van der Waals surface area contributed by atoms with Gasteiger partial charge in [0.05, 0.1) is 28.7 Å². The number of carbonyl (C=O) groups is 1. The maximum absolute atomic E-state index is 13.8. The van der Waals surface area contributed by atoms with Crippen molar-refractivity contribution in [2.24, 2.45) is 7.05 Å². The van der Waals surface area contributed by atoms with Crippen LogP contribution in [0.3, 0.4) is 0 Å². The third-order valence-electron chi connectivity index (χ3n) is 8.39. The molecule has 0 saturated carbocycles. The number of alkyl halides is 3. The Bertz CT molecular complexity index is 1480. The molecule has 6 rings (SSSR count). The van der Waals surface area contributed by atoms with E-state index >= 15 is 0 Å². The Morgan fingerprint density at radius 2 is 1.97 bits per heavy atom. The van der Waals surface area contributed by atoms with Crippen molar-refractivity contribution in [1.82, 2.24) is 25.0 Å². The highest BCUT2D eigenvalue weighted by Crippen LogP contribution is 2.56. The van der Waals surface area contributed by atoms with Gasteiger partial charge in [0, 0.05) is 59.9 Å². The van der Waals surface area contributed by atoms with Crippen molar-refractivity contribution in [2.45, 2.75) is 62.4 Å². The minimum absolute atomic E-state index is 0.184. The fraction of sp³-hybridized carbons (Fsp3) is 0.414. The van der Waals surface area contributed by atoms with Crippen LogP contribution in [0.15, 0.2) is 49.3 Å². The molecule has 3 aliphatic rings. The van der Waals surface area contributed by atoms with Crippen LogP contribution in [-0.4, -0.2) is 62.0 Å². The molecule has 1 amide bonds. The predicted molar refractivity (Wildman–Crippen MR) is 145 cm³/mol. The zero-order valence-electron chi connectivity index (χ0n) is 21.9. The molecular weight excluding hydrogens is 505 g/mol. The van der Waals surface area contributed by atoms with E-state index in [9.17, 15) is 18.0 Å². The van der Waals surface area contributed by atoms with Crippen molar-refractivity contribution in [1.29, 1.82) is 0 Å². The van der Waals surface area contributed by atoms with Crippen molar-refractivity contribution >= 4 is 34.0 Å². The second kappa shape index (κ2) is 9.22. The smallest absolute Gasteiger partial charge is 0.382 e. The molecule has 0 bridgehead atoms. The first-order valence-electron chi connectivity index (χ1n) is 13.2. The van der Waals surface area contributed by atoms with Crippen LogP contribution < -0.4 is 10.6 Å². The van der Waals surface area contributed by atoms with Gasteiger partial charge < -0.3 is 10.6 Å². The summed E-state index contributed by atoms with van der Waals surface area (Å²) in [4.78, 5) is 19.2. The number of hydrogen-bond acceptors (Lipinski definition) is 5. The summed E-state index contributed by atoms with van der Waals surface area (Å²) in [6, 6.07) is 8.56. The molecule has 0 spiro atoms. The number of nitrogens with zero attached hydrogens (tertiary/aromatic N) is 4. The van der Waals surface area contributed by atoms with Gasteiger partial charge in [-0.3, -0.25) is 14.4 Å². The minimum atomic E-state index is -4.61. The lowest BCUT2D eigenvalue weighted by atomic mass is 9.60. The molecule has 1 aromatic carbocycles. The Morgan fingerprint density at radius 3 is 2.62 bits per heavy atom. The summed E-state index contributed by atoms with van der Waals surface area (Å²) in [7, 11) is 1.72. The van der Waals surface area contributed by atoms with Gasteiger partial charge in [0.25, 0.3) is 5.91 Å². The molecule has 0 aliphatic carbocycles. The lowest BCUT2D eigenvalue weighted by Crippen LogP contribution is -2.80. The van der Waals surface area contributed by atoms with E-state index in [0.717, 1.165) is 18.5 Å². The normalized spacial score (nSPS) is 26.1. The number of pyridine rings is 1. The quantitative estimate of drug-likeness (QED) is 0.436. The summed E-state index contributed by atoms with van der Waals surface area (Å²) in [5, 5.41) is 11.5. The first kappa shape index (κ1) is 25.6. The number of fused-ring (bicyclic) bond motifs is 1. The van der Waals surface area contributed by atoms with Crippen LogP contribution in [-0.2, 0) is 7.05 Å². The van der Waals surface area contributed by atoms with Crippen LogP contribution >= 0.6 is 0 Å². The average molecular weight is 537 g/mol. The fourth-order valence-corrected chi connectivity index (χ4v) is 6.79. The van der Waals surface area contributed by atoms with E-state index in [-0.39, 0.29) is 24.2 Å². The van der Waals surface area contributed by atoms with E-state index in [1.165, 1.54) is 23.7 Å². The Hall–Kier alpha value is -3.66. The second-order valence-corrected chi connectivity index (χ2v) is 11.2. The number of allylic oxidation sites excluding steroid dienone is 1. The Kier molecular flexibility index (Phi) is 6.05. The second-order valence-electron chi connectivity index (χ2n) is 11.2. The molecular formula is C29H31F3N6O. The molecule has 5 heterocycles.